The molecule has 2 heterocycles. The number of H-pyrrole nitrogens is 1. The van der Waals surface area contributed by atoms with Crippen molar-refractivity contribution >= 4 is 33.2 Å². The van der Waals surface area contributed by atoms with Crippen LogP contribution in [0.3, 0.4) is 0 Å². The summed E-state index contributed by atoms with van der Waals surface area (Å²) in [5.74, 6) is -0.0951. The minimum Gasteiger partial charge on any atom is -0.356 e. The molecule has 0 saturated carbocycles. The molecule has 0 saturated heterocycles. The van der Waals surface area contributed by atoms with Crippen molar-refractivity contribution in [2.75, 3.05) is 6.54 Å². The van der Waals surface area contributed by atoms with Gasteiger partial charge in [0, 0.05) is 35.2 Å². The van der Waals surface area contributed by atoms with Crippen molar-refractivity contribution < 1.29 is 4.79 Å². The van der Waals surface area contributed by atoms with Gasteiger partial charge in [-0.25, -0.2) is 4.98 Å². The Labute approximate surface area is 105 Å². The van der Waals surface area contributed by atoms with Crippen LogP contribution in [0.1, 0.15) is 15.5 Å². The summed E-state index contributed by atoms with van der Waals surface area (Å²) >= 11 is 4.88. The molecule has 2 N–H and O–H groups in total. The fourth-order valence-electron chi connectivity index (χ4n) is 1.25. The zero-order valence-electron chi connectivity index (χ0n) is 8.37. The molecule has 0 spiro atoms. The molecule has 16 heavy (non-hydrogen) atoms. The molecule has 2 aromatic heterocycles. The smallest absolute Gasteiger partial charge is 0.267 e. The highest BCUT2D eigenvalue weighted by Crippen LogP contribution is 2.10. The van der Waals surface area contributed by atoms with Crippen molar-refractivity contribution in [3.63, 3.8) is 0 Å². The molecule has 0 atom stereocenters. The molecule has 1 amide bonds. The molecular weight excluding hydrogens is 290 g/mol. The first-order valence-electron chi connectivity index (χ1n) is 4.76. The maximum absolute atomic E-state index is 11.6. The van der Waals surface area contributed by atoms with Crippen molar-refractivity contribution in [3.05, 3.63) is 39.0 Å². The van der Waals surface area contributed by atoms with Gasteiger partial charge in [0.25, 0.3) is 5.91 Å². The largest absolute Gasteiger partial charge is 0.356 e. The van der Waals surface area contributed by atoms with Gasteiger partial charge in [-0.3, -0.25) is 4.79 Å². The third-order valence-corrected chi connectivity index (χ3v) is 3.30. The highest BCUT2D eigenvalue weighted by Gasteiger charge is 2.06. The minimum atomic E-state index is -0.0951. The van der Waals surface area contributed by atoms with Gasteiger partial charge < -0.3 is 10.3 Å². The second-order valence-electron chi connectivity index (χ2n) is 3.16. The minimum absolute atomic E-state index is 0.0951. The molecule has 2 rings (SSSR count). The average molecular weight is 300 g/mol. The molecule has 6 heteroatoms. The number of carbonyl (C=O) groups excluding carboxylic acids is 1. The standard InChI is InChI=1S/C10H10BrN3OS/c11-7-5-8(14-6-7)10(15)13-2-1-9-12-3-4-16-9/h3-6,14H,1-2H2,(H,13,15). The number of hydrogen-bond acceptors (Lipinski definition) is 3. The van der Waals surface area contributed by atoms with Crippen molar-refractivity contribution in [1.29, 1.82) is 0 Å². The van der Waals surface area contributed by atoms with Gasteiger partial charge in [0.05, 0.1) is 5.01 Å². The lowest BCUT2D eigenvalue weighted by molar-refractivity contribution is 0.0950. The zero-order valence-corrected chi connectivity index (χ0v) is 10.8. The fourth-order valence-corrected chi connectivity index (χ4v) is 2.22. The Bertz CT molecular complexity index is 466. The number of halogens is 1. The van der Waals surface area contributed by atoms with E-state index < -0.39 is 0 Å². The molecule has 0 bridgehead atoms. The Morgan fingerprint density at radius 1 is 1.62 bits per heavy atom. The summed E-state index contributed by atoms with van der Waals surface area (Å²) in [5, 5.41) is 5.79. The number of thiazole rings is 1. The Balaban J connectivity index is 1.80. The van der Waals surface area contributed by atoms with E-state index >= 15 is 0 Å². The number of aromatic amines is 1. The predicted molar refractivity (Wildman–Crippen MR) is 66.6 cm³/mol. The first-order valence-corrected chi connectivity index (χ1v) is 6.43. The maximum Gasteiger partial charge on any atom is 0.267 e. The quantitative estimate of drug-likeness (QED) is 0.909. The van der Waals surface area contributed by atoms with Crippen LogP contribution in [0, 0.1) is 0 Å². The van der Waals surface area contributed by atoms with Gasteiger partial charge >= 0.3 is 0 Å². The van der Waals surface area contributed by atoms with Crippen molar-refractivity contribution in [2.45, 2.75) is 6.42 Å². The predicted octanol–water partition coefficient (Wildman–Crippen LogP) is 2.21. The van der Waals surface area contributed by atoms with E-state index in [1.54, 1.807) is 29.8 Å². The summed E-state index contributed by atoms with van der Waals surface area (Å²) in [4.78, 5) is 18.6. The summed E-state index contributed by atoms with van der Waals surface area (Å²) in [6.07, 6.45) is 4.27. The molecular formula is C10H10BrN3OS. The van der Waals surface area contributed by atoms with Crippen molar-refractivity contribution in [1.82, 2.24) is 15.3 Å². The molecule has 0 aliphatic heterocycles. The van der Waals surface area contributed by atoms with E-state index in [0.29, 0.717) is 12.2 Å². The Kier molecular flexibility index (Phi) is 3.74. The van der Waals surface area contributed by atoms with Crippen LogP contribution in [0.15, 0.2) is 28.3 Å². The van der Waals surface area contributed by atoms with Gasteiger partial charge in [0.1, 0.15) is 5.69 Å². The molecule has 2 aromatic rings. The lowest BCUT2D eigenvalue weighted by atomic mass is 10.4. The van der Waals surface area contributed by atoms with Crippen molar-refractivity contribution in [3.8, 4) is 0 Å². The molecule has 0 unspecified atom stereocenters. The third kappa shape index (κ3) is 2.93. The summed E-state index contributed by atoms with van der Waals surface area (Å²) in [5.41, 5.74) is 0.561. The molecule has 0 radical (unpaired) electrons. The van der Waals surface area contributed by atoms with Crippen LogP contribution < -0.4 is 5.32 Å². The van der Waals surface area contributed by atoms with E-state index in [-0.39, 0.29) is 5.91 Å². The second-order valence-corrected chi connectivity index (χ2v) is 5.06. The Hall–Kier alpha value is -1.14. The average Bonchev–Trinajstić information content (AvgIpc) is 2.89. The fraction of sp³-hybridized carbons (Fsp3) is 0.200. The van der Waals surface area contributed by atoms with Crippen LogP contribution in [0.4, 0.5) is 0 Å². The van der Waals surface area contributed by atoms with Gasteiger partial charge in [-0.15, -0.1) is 11.3 Å². The van der Waals surface area contributed by atoms with E-state index in [1.165, 1.54) is 0 Å². The number of nitrogens with zero attached hydrogens (tertiary/aromatic N) is 1. The lowest BCUT2D eigenvalue weighted by Gasteiger charge is -2.01. The Morgan fingerprint density at radius 3 is 3.12 bits per heavy atom. The first kappa shape index (κ1) is 11.3. The molecule has 0 aromatic carbocycles. The zero-order chi connectivity index (χ0) is 11.4. The van der Waals surface area contributed by atoms with Gasteiger partial charge in [0.15, 0.2) is 0 Å². The third-order valence-electron chi connectivity index (χ3n) is 2.00. The van der Waals surface area contributed by atoms with Gasteiger partial charge in [-0.05, 0) is 22.0 Å². The summed E-state index contributed by atoms with van der Waals surface area (Å²) < 4.78 is 0.873. The molecule has 0 aliphatic carbocycles. The number of hydrogen-bond donors (Lipinski definition) is 2. The van der Waals surface area contributed by atoms with E-state index in [2.05, 4.69) is 31.2 Å². The maximum atomic E-state index is 11.6. The van der Waals surface area contributed by atoms with Gasteiger partial charge in [-0.2, -0.15) is 0 Å². The van der Waals surface area contributed by atoms with Gasteiger partial charge in [0.2, 0.25) is 0 Å². The van der Waals surface area contributed by atoms with Crippen LogP contribution in [-0.2, 0) is 6.42 Å². The molecule has 4 nitrogen and oxygen atoms in total. The van der Waals surface area contributed by atoms with E-state index in [9.17, 15) is 4.79 Å². The number of nitrogens with one attached hydrogen (secondary N) is 2. The summed E-state index contributed by atoms with van der Waals surface area (Å²) in [7, 11) is 0. The Morgan fingerprint density at radius 2 is 2.50 bits per heavy atom. The summed E-state index contributed by atoms with van der Waals surface area (Å²) in [6, 6.07) is 1.75. The number of amides is 1. The highest BCUT2D eigenvalue weighted by atomic mass is 79.9. The van der Waals surface area contributed by atoms with Crippen LogP contribution in [0.5, 0.6) is 0 Å². The van der Waals surface area contributed by atoms with E-state index in [1.807, 2.05) is 5.38 Å². The highest BCUT2D eigenvalue weighted by molar-refractivity contribution is 9.10. The van der Waals surface area contributed by atoms with Crippen molar-refractivity contribution in [2.24, 2.45) is 0 Å². The number of rotatable bonds is 4. The van der Waals surface area contributed by atoms with Crippen LogP contribution in [0.25, 0.3) is 0 Å². The van der Waals surface area contributed by atoms with E-state index in [4.69, 9.17) is 0 Å². The van der Waals surface area contributed by atoms with E-state index in [0.717, 1.165) is 15.9 Å². The lowest BCUT2D eigenvalue weighted by Crippen LogP contribution is -2.25. The number of aromatic nitrogens is 2. The van der Waals surface area contributed by atoms with Crippen LogP contribution in [0.2, 0.25) is 0 Å². The van der Waals surface area contributed by atoms with Gasteiger partial charge in [-0.1, -0.05) is 0 Å². The van der Waals surface area contributed by atoms with Crippen LogP contribution >= 0.6 is 27.3 Å². The second kappa shape index (κ2) is 5.27. The first-order chi connectivity index (χ1) is 7.75. The normalized spacial score (nSPS) is 10.3. The number of carbonyl (C=O) groups is 1. The van der Waals surface area contributed by atoms with Crippen LogP contribution in [-0.4, -0.2) is 22.4 Å². The SMILES string of the molecule is O=C(NCCc1nccs1)c1cc(Br)c[nH]1. The molecule has 0 fully saturated rings. The molecule has 84 valence electrons. The monoisotopic (exact) mass is 299 g/mol. The molecule has 0 aliphatic rings. The summed E-state index contributed by atoms with van der Waals surface area (Å²) in [6.45, 7) is 0.600. The topological polar surface area (TPSA) is 57.8 Å².